The van der Waals surface area contributed by atoms with Crippen LogP contribution in [0.4, 0.5) is 0 Å². The molecule has 0 radical (unpaired) electrons. The standard InChI is InChI=1S/C17H40N6/c1-2-4-14(11-19)10-17-22-15(12-20)9-13(5-3-8-18)6-7-16(21)23-17/h13-17,22-23H,2-12,18-21H2,1H3. The van der Waals surface area contributed by atoms with Gasteiger partial charge >= 0.3 is 0 Å². The molecule has 138 valence electrons. The van der Waals surface area contributed by atoms with Crippen LogP contribution in [0, 0.1) is 11.8 Å². The Morgan fingerprint density at radius 3 is 2.52 bits per heavy atom. The monoisotopic (exact) mass is 328 g/mol. The molecule has 6 heteroatoms. The second-order valence-electron chi connectivity index (χ2n) is 7.16. The number of hydrogen-bond donors (Lipinski definition) is 6. The Kier molecular flexibility index (Phi) is 11.0. The average molecular weight is 329 g/mol. The molecule has 6 nitrogen and oxygen atoms in total. The molecule has 5 unspecified atom stereocenters. The van der Waals surface area contributed by atoms with E-state index in [2.05, 4.69) is 17.6 Å². The molecule has 1 fully saturated rings. The third-order valence-electron chi connectivity index (χ3n) is 5.06. The summed E-state index contributed by atoms with van der Waals surface area (Å²) in [5, 5.41) is 7.26. The lowest BCUT2D eigenvalue weighted by Crippen LogP contribution is -2.55. The van der Waals surface area contributed by atoms with Gasteiger partial charge in [-0.05, 0) is 69.9 Å². The Hall–Kier alpha value is -0.240. The summed E-state index contributed by atoms with van der Waals surface area (Å²) in [7, 11) is 0. The smallest absolute Gasteiger partial charge is 0.0589 e. The normalized spacial score (nSPS) is 31.2. The molecule has 1 aliphatic rings. The fraction of sp³-hybridized carbons (Fsp3) is 1.00. The van der Waals surface area contributed by atoms with Crippen LogP contribution < -0.4 is 33.6 Å². The summed E-state index contributed by atoms with van der Waals surface area (Å²) in [6.45, 7) is 4.37. The Morgan fingerprint density at radius 2 is 1.91 bits per heavy atom. The van der Waals surface area contributed by atoms with Crippen LogP contribution in [0.5, 0.6) is 0 Å². The van der Waals surface area contributed by atoms with Gasteiger partial charge in [0.1, 0.15) is 0 Å². The van der Waals surface area contributed by atoms with E-state index in [1.54, 1.807) is 0 Å². The summed E-state index contributed by atoms with van der Waals surface area (Å²) in [5.74, 6) is 1.19. The highest BCUT2D eigenvalue weighted by molar-refractivity contribution is 4.83. The van der Waals surface area contributed by atoms with Crippen molar-refractivity contribution in [3.05, 3.63) is 0 Å². The van der Waals surface area contributed by atoms with Gasteiger partial charge in [0.2, 0.25) is 0 Å². The Morgan fingerprint density at radius 1 is 1.13 bits per heavy atom. The first kappa shape index (κ1) is 20.8. The zero-order valence-corrected chi connectivity index (χ0v) is 15.0. The van der Waals surface area contributed by atoms with E-state index in [-0.39, 0.29) is 12.3 Å². The molecular weight excluding hydrogens is 288 g/mol. The number of hydrogen-bond acceptors (Lipinski definition) is 6. The quantitative estimate of drug-likeness (QED) is 0.364. The van der Waals surface area contributed by atoms with Crippen LogP contribution in [0.1, 0.15) is 58.3 Å². The summed E-state index contributed by atoms with van der Waals surface area (Å²) in [4.78, 5) is 0. The van der Waals surface area contributed by atoms with Crippen LogP contribution in [0.25, 0.3) is 0 Å². The average Bonchev–Trinajstić information content (AvgIpc) is 2.61. The van der Waals surface area contributed by atoms with E-state index in [1.807, 2.05) is 0 Å². The van der Waals surface area contributed by atoms with Gasteiger partial charge in [0.25, 0.3) is 0 Å². The summed E-state index contributed by atoms with van der Waals surface area (Å²) in [6.07, 6.45) is 9.11. The minimum absolute atomic E-state index is 0.0319. The molecule has 0 bridgehead atoms. The van der Waals surface area contributed by atoms with Gasteiger partial charge in [0.05, 0.1) is 12.3 Å². The molecule has 0 amide bonds. The fourth-order valence-corrected chi connectivity index (χ4v) is 3.72. The van der Waals surface area contributed by atoms with E-state index < -0.39 is 0 Å². The maximum Gasteiger partial charge on any atom is 0.0589 e. The van der Waals surface area contributed by atoms with E-state index in [4.69, 9.17) is 22.9 Å². The minimum atomic E-state index is 0.0319. The van der Waals surface area contributed by atoms with Gasteiger partial charge in [0.15, 0.2) is 0 Å². The molecule has 23 heavy (non-hydrogen) atoms. The summed E-state index contributed by atoms with van der Waals surface area (Å²) < 4.78 is 0. The van der Waals surface area contributed by atoms with Gasteiger partial charge in [0, 0.05) is 12.6 Å². The highest BCUT2D eigenvalue weighted by Gasteiger charge is 2.24. The molecule has 0 saturated carbocycles. The number of rotatable bonds is 9. The summed E-state index contributed by atoms with van der Waals surface area (Å²) >= 11 is 0. The molecule has 0 aromatic heterocycles. The molecule has 1 aliphatic heterocycles. The lowest BCUT2D eigenvalue weighted by molar-refractivity contribution is 0.273. The van der Waals surface area contributed by atoms with Crippen molar-refractivity contribution in [1.82, 2.24) is 10.6 Å². The predicted octanol–water partition coefficient (Wildman–Crippen LogP) is 0.408. The highest BCUT2D eigenvalue weighted by Crippen LogP contribution is 2.22. The maximum absolute atomic E-state index is 6.29. The summed E-state index contributed by atoms with van der Waals surface area (Å²) in [5.41, 5.74) is 23.9. The lowest BCUT2D eigenvalue weighted by Gasteiger charge is -2.30. The Balaban J connectivity index is 2.66. The molecule has 0 aromatic carbocycles. The van der Waals surface area contributed by atoms with Crippen molar-refractivity contribution < 1.29 is 0 Å². The third kappa shape index (κ3) is 8.42. The van der Waals surface area contributed by atoms with Crippen molar-refractivity contribution >= 4 is 0 Å². The third-order valence-corrected chi connectivity index (χ3v) is 5.06. The van der Waals surface area contributed by atoms with Crippen molar-refractivity contribution in [3.63, 3.8) is 0 Å². The van der Waals surface area contributed by atoms with Crippen LogP contribution in [0.2, 0.25) is 0 Å². The van der Waals surface area contributed by atoms with Gasteiger partial charge in [-0.1, -0.05) is 13.3 Å². The molecule has 1 heterocycles. The van der Waals surface area contributed by atoms with Gasteiger partial charge < -0.3 is 22.9 Å². The van der Waals surface area contributed by atoms with Crippen molar-refractivity contribution in [3.8, 4) is 0 Å². The lowest BCUT2D eigenvalue weighted by atomic mass is 9.90. The van der Waals surface area contributed by atoms with E-state index in [9.17, 15) is 0 Å². The summed E-state index contributed by atoms with van der Waals surface area (Å²) in [6, 6.07) is 0.334. The Labute approximate surface area is 142 Å². The predicted molar refractivity (Wildman–Crippen MR) is 98.6 cm³/mol. The van der Waals surface area contributed by atoms with Crippen molar-refractivity contribution in [1.29, 1.82) is 0 Å². The van der Waals surface area contributed by atoms with Crippen LogP contribution in [0.3, 0.4) is 0 Å². The SMILES string of the molecule is CCCC(CN)CC1NC(N)CCC(CCCN)CC(CN)N1. The number of nitrogens with two attached hydrogens (primary N) is 4. The second-order valence-corrected chi connectivity index (χ2v) is 7.16. The van der Waals surface area contributed by atoms with Crippen LogP contribution in [-0.4, -0.2) is 38.0 Å². The molecule has 0 aliphatic carbocycles. The minimum Gasteiger partial charge on any atom is -0.330 e. The van der Waals surface area contributed by atoms with E-state index >= 15 is 0 Å². The largest absolute Gasteiger partial charge is 0.330 e. The highest BCUT2D eigenvalue weighted by atomic mass is 15.2. The van der Waals surface area contributed by atoms with Gasteiger partial charge in [-0.3, -0.25) is 10.6 Å². The molecule has 0 aromatic rings. The second kappa shape index (κ2) is 12.2. The number of nitrogens with one attached hydrogen (secondary N) is 2. The van der Waals surface area contributed by atoms with Gasteiger partial charge in [-0.25, -0.2) is 0 Å². The van der Waals surface area contributed by atoms with Crippen molar-refractivity contribution in [2.24, 2.45) is 34.8 Å². The molecule has 10 N–H and O–H groups in total. The van der Waals surface area contributed by atoms with E-state index in [1.165, 1.54) is 12.8 Å². The van der Waals surface area contributed by atoms with Crippen LogP contribution >= 0.6 is 0 Å². The molecule has 1 saturated heterocycles. The molecule has 5 atom stereocenters. The first-order chi connectivity index (χ1) is 11.1. The topological polar surface area (TPSA) is 128 Å². The van der Waals surface area contributed by atoms with E-state index in [0.717, 1.165) is 51.6 Å². The van der Waals surface area contributed by atoms with Crippen LogP contribution in [-0.2, 0) is 0 Å². The fourth-order valence-electron chi connectivity index (χ4n) is 3.72. The van der Waals surface area contributed by atoms with Gasteiger partial charge in [-0.2, -0.15) is 0 Å². The zero-order valence-electron chi connectivity index (χ0n) is 15.0. The Bertz CT molecular complexity index is 288. The maximum atomic E-state index is 6.29. The van der Waals surface area contributed by atoms with Gasteiger partial charge in [-0.15, -0.1) is 0 Å². The molecular formula is C17H40N6. The molecule has 0 spiro atoms. The zero-order chi connectivity index (χ0) is 17.1. The van der Waals surface area contributed by atoms with E-state index in [0.29, 0.717) is 24.4 Å². The first-order valence-electron chi connectivity index (χ1n) is 9.50. The molecule has 1 rings (SSSR count). The van der Waals surface area contributed by atoms with Crippen molar-refractivity contribution in [2.75, 3.05) is 19.6 Å². The van der Waals surface area contributed by atoms with Crippen LogP contribution in [0.15, 0.2) is 0 Å². The van der Waals surface area contributed by atoms with Crippen molar-refractivity contribution in [2.45, 2.75) is 76.7 Å². The first-order valence-corrected chi connectivity index (χ1v) is 9.50.